The lowest BCUT2D eigenvalue weighted by Gasteiger charge is -2.43. The number of rotatable bonds is 2. The molecular formula is C28H23N2+. The van der Waals surface area contributed by atoms with Crippen molar-refractivity contribution in [1.29, 1.82) is 0 Å². The van der Waals surface area contributed by atoms with Crippen LogP contribution in [0, 0.1) is 11.8 Å². The molecule has 0 N–H and O–H groups in total. The van der Waals surface area contributed by atoms with Crippen LogP contribution in [0.3, 0.4) is 0 Å². The Labute approximate surface area is 176 Å². The molecule has 30 heavy (non-hydrogen) atoms. The largest absolute Gasteiger partial charge is 0.270 e. The van der Waals surface area contributed by atoms with Crippen LogP contribution in [0.4, 0.5) is 0 Å². The summed E-state index contributed by atoms with van der Waals surface area (Å²) in [6, 6.07) is 31.3. The summed E-state index contributed by atoms with van der Waals surface area (Å²) in [6.07, 6.45) is 8.51. The molecule has 0 amide bonds. The lowest BCUT2D eigenvalue weighted by Crippen LogP contribution is -2.57. The van der Waals surface area contributed by atoms with Gasteiger partial charge in [-0.15, -0.1) is 0 Å². The van der Waals surface area contributed by atoms with Gasteiger partial charge in [0.05, 0.1) is 5.92 Å². The SMILES string of the molecule is C1=CC2C3c4ccccc4C(C2C1)[n+]1cc(-c2ccccc2)n(-c2ccccc2)c13. The summed E-state index contributed by atoms with van der Waals surface area (Å²) in [7, 11) is 0. The third kappa shape index (κ3) is 2.06. The van der Waals surface area contributed by atoms with Crippen LogP contribution in [0.25, 0.3) is 16.9 Å². The Bertz CT molecular complexity index is 1280. The highest BCUT2D eigenvalue weighted by molar-refractivity contribution is 5.62. The van der Waals surface area contributed by atoms with Gasteiger partial charge in [0, 0.05) is 23.0 Å². The second kappa shape index (κ2) is 6.06. The van der Waals surface area contributed by atoms with E-state index in [0.717, 1.165) is 0 Å². The Morgan fingerprint density at radius 1 is 0.767 bits per heavy atom. The molecule has 8 rings (SSSR count). The standard InChI is InChI=1S/C28H23N2/c1-3-10-19(11-4-1)25-18-29-27-23-15-8-7-14-21(23)26(22-16-9-17-24(22)27)28(29)30(25)20-12-5-2-6-13-20/h1-16,18,22,24,26-27H,17H2/q+1. The Morgan fingerprint density at radius 2 is 1.47 bits per heavy atom. The molecule has 2 aliphatic heterocycles. The van der Waals surface area contributed by atoms with E-state index in [-0.39, 0.29) is 0 Å². The van der Waals surface area contributed by atoms with Crippen molar-refractivity contribution >= 4 is 0 Å². The number of benzene rings is 3. The van der Waals surface area contributed by atoms with Crippen LogP contribution in [0.1, 0.15) is 35.3 Å². The van der Waals surface area contributed by atoms with Crippen LogP contribution in [0.15, 0.2) is 103 Å². The van der Waals surface area contributed by atoms with Gasteiger partial charge in [-0.05, 0) is 24.1 Å². The fourth-order valence-electron chi connectivity index (χ4n) is 6.24. The smallest absolute Gasteiger partial charge is 0.225 e. The average Bonchev–Trinajstić information content (AvgIpc) is 3.46. The molecular weight excluding hydrogens is 364 g/mol. The fourth-order valence-corrected chi connectivity index (χ4v) is 6.24. The number of para-hydroxylation sites is 1. The zero-order valence-electron chi connectivity index (χ0n) is 16.7. The predicted molar refractivity (Wildman–Crippen MR) is 119 cm³/mol. The van der Waals surface area contributed by atoms with E-state index in [1.165, 1.54) is 40.3 Å². The van der Waals surface area contributed by atoms with Crippen molar-refractivity contribution in [3.05, 3.63) is 120 Å². The molecule has 1 aromatic heterocycles. The van der Waals surface area contributed by atoms with E-state index in [2.05, 4.69) is 112 Å². The molecule has 2 aliphatic carbocycles. The average molecular weight is 388 g/mol. The van der Waals surface area contributed by atoms with Gasteiger partial charge in [-0.2, -0.15) is 4.57 Å². The predicted octanol–water partition coefficient (Wildman–Crippen LogP) is 5.67. The van der Waals surface area contributed by atoms with Gasteiger partial charge < -0.3 is 0 Å². The van der Waals surface area contributed by atoms with E-state index in [1.807, 2.05) is 0 Å². The first-order chi connectivity index (χ1) is 14.9. The highest BCUT2D eigenvalue weighted by Gasteiger charge is 2.56. The summed E-state index contributed by atoms with van der Waals surface area (Å²) >= 11 is 0. The molecule has 2 bridgehead atoms. The summed E-state index contributed by atoms with van der Waals surface area (Å²) in [5, 5.41) is 0. The van der Waals surface area contributed by atoms with Gasteiger partial charge in [-0.1, -0.05) is 84.9 Å². The minimum absolute atomic E-state index is 0.396. The summed E-state index contributed by atoms with van der Waals surface area (Å²) in [5.41, 5.74) is 6.84. The summed E-state index contributed by atoms with van der Waals surface area (Å²) < 4.78 is 5.13. The Balaban J connectivity index is 1.57. The highest BCUT2D eigenvalue weighted by atomic mass is 15.2. The van der Waals surface area contributed by atoms with Gasteiger partial charge in [0.15, 0.2) is 5.69 Å². The second-order valence-electron chi connectivity index (χ2n) is 8.77. The Kier molecular flexibility index (Phi) is 3.31. The van der Waals surface area contributed by atoms with Crippen molar-refractivity contribution in [2.75, 3.05) is 0 Å². The monoisotopic (exact) mass is 387 g/mol. The van der Waals surface area contributed by atoms with E-state index in [4.69, 9.17) is 0 Å². The quantitative estimate of drug-likeness (QED) is 0.309. The first-order valence-corrected chi connectivity index (χ1v) is 10.9. The minimum atomic E-state index is 0.396. The molecule has 2 heteroatoms. The first-order valence-electron chi connectivity index (χ1n) is 10.9. The molecule has 3 heterocycles. The molecule has 4 unspecified atom stereocenters. The van der Waals surface area contributed by atoms with Crippen LogP contribution >= 0.6 is 0 Å². The van der Waals surface area contributed by atoms with Crippen LogP contribution in [-0.2, 0) is 0 Å². The molecule has 0 radical (unpaired) electrons. The molecule has 2 nitrogen and oxygen atoms in total. The molecule has 0 saturated heterocycles. The van der Waals surface area contributed by atoms with Crippen molar-refractivity contribution in [2.45, 2.75) is 18.4 Å². The number of nitrogens with zero attached hydrogens (tertiary/aromatic N) is 2. The number of hydrogen-bond donors (Lipinski definition) is 0. The molecule has 0 fully saturated rings. The van der Waals surface area contributed by atoms with Crippen molar-refractivity contribution in [1.82, 2.24) is 4.57 Å². The highest BCUT2D eigenvalue weighted by Crippen LogP contribution is 2.56. The van der Waals surface area contributed by atoms with Crippen molar-refractivity contribution < 1.29 is 4.57 Å². The maximum Gasteiger partial charge on any atom is 0.270 e. The van der Waals surface area contributed by atoms with Crippen LogP contribution < -0.4 is 4.57 Å². The zero-order chi connectivity index (χ0) is 19.7. The molecule has 0 spiro atoms. The van der Waals surface area contributed by atoms with Crippen LogP contribution in [0.2, 0.25) is 0 Å². The number of hydrogen-bond acceptors (Lipinski definition) is 0. The first kappa shape index (κ1) is 16.4. The van der Waals surface area contributed by atoms with E-state index in [9.17, 15) is 0 Å². The topological polar surface area (TPSA) is 8.81 Å². The third-order valence-electron chi connectivity index (χ3n) is 7.36. The van der Waals surface area contributed by atoms with Gasteiger partial charge >= 0.3 is 0 Å². The lowest BCUT2D eigenvalue weighted by atomic mass is 9.64. The van der Waals surface area contributed by atoms with Gasteiger partial charge in [0.25, 0.3) is 5.82 Å². The molecule has 4 atom stereocenters. The minimum Gasteiger partial charge on any atom is -0.225 e. The van der Waals surface area contributed by atoms with Gasteiger partial charge in [-0.3, -0.25) is 0 Å². The van der Waals surface area contributed by atoms with Gasteiger partial charge in [-0.25, -0.2) is 4.57 Å². The summed E-state index contributed by atoms with van der Waals surface area (Å²) in [6.45, 7) is 0. The molecule has 144 valence electrons. The maximum absolute atomic E-state index is 2.61. The molecule has 4 aromatic rings. The number of aromatic nitrogens is 2. The summed E-state index contributed by atoms with van der Waals surface area (Å²) in [5.74, 6) is 3.08. The normalized spacial score (nSPS) is 25.1. The van der Waals surface area contributed by atoms with E-state index in [1.54, 1.807) is 0 Å². The van der Waals surface area contributed by atoms with E-state index in [0.29, 0.717) is 23.8 Å². The fraction of sp³-hybridized carbons (Fsp3) is 0.179. The number of allylic oxidation sites excluding steroid dienone is 2. The lowest BCUT2D eigenvalue weighted by molar-refractivity contribution is -0.738. The zero-order valence-corrected chi connectivity index (χ0v) is 16.7. The maximum atomic E-state index is 2.61. The van der Waals surface area contributed by atoms with Crippen molar-refractivity contribution in [2.24, 2.45) is 11.8 Å². The van der Waals surface area contributed by atoms with Crippen LogP contribution in [0.5, 0.6) is 0 Å². The summed E-state index contributed by atoms with van der Waals surface area (Å²) in [4.78, 5) is 0. The Morgan fingerprint density at radius 3 is 2.27 bits per heavy atom. The Hall–Kier alpha value is -3.39. The van der Waals surface area contributed by atoms with Crippen molar-refractivity contribution in [3.63, 3.8) is 0 Å². The second-order valence-corrected chi connectivity index (χ2v) is 8.77. The number of imidazole rings is 1. The third-order valence-corrected chi connectivity index (χ3v) is 7.36. The van der Waals surface area contributed by atoms with Crippen molar-refractivity contribution in [3.8, 4) is 16.9 Å². The molecule has 3 aromatic carbocycles. The molecule has 4 aliphatic rings. The van der Waals surface area contributed by atoms with Gasteiger partial charge in [0.2, 0.25) is 0 Å². The van der Waals surface area contributed by atoms with E-state index < -0.39 is 0 Å². The van der Waals surface area contributed by atoms with Crippen LogP contribution in [-0.4, -0.2) is 4.57 Å². The van der Waals surface area contributed by atoms with E-state index >= 15 is 0 Å². The molecule has 0 saturated carbocycles. The van der Waals surface area contributed by atoms with Gasteiger partial charge in [0.1, 0.15) is 17.9 Å².